The number of carbonyl (C=O) groups excluding carboxylic acids is 1. The molecule has 3 aromatic rings. The van der Waals surface area contributed by atoms with Crippen molar-refractivity contribution >= 4 is 11.6 Å². The van der Waals surface area contributed by atoms with Gasteiger partial charge in [-0.1, -0.05) is 12.1 Å². The first-order chi connectivity index (χ1) is 9.74. The van der Waals surface area contributed by atoms with Gasteiger partial charge in [-0.2, -0.15) is 0 Å². The van der Waals surface area contributed by atoms with E-state index in [0.717, 1.165) is 5.56 Å². The van der Waals surface area contributed by atoms with Crippen LogP contribution in [0.3, 0.4) is 0 Å². The van der Waals surface area contributed by atoms with Crippen LogP contribution in [0.4, 0.5) is 5.69 Å². The van der Waals surface area contributed by atoms with Crippen LogP contribution < -0.4 is 5.32 Å². The summed E-state index contributed by atoms with van der Waals surface area (Å²) >= 11 is 0. The highest BCUT2D eigenvalue weighted by Gasteiger charge is 2.10. The van der Waals surface area contributed by atoms with Crippen molar-refractivity contribution in [2.45, 2.75) is 0 Å². The number of nitrogens with zero attached hydrogens (tertiary/aromatic N) is 4. The summed E-state index contributed by atoms with van der Waals surface area (Å²) in [5.41, 5.74) is 1.46. The lowest BCUT2D eigenvalue weighted by molar-refractivity contribution is 0.0996. The number of carbonyl (C=O) groups is 1. The summed E-state index contributed by atoms with van der Waals surface area (Å²) in [6.45, 7) is 0. The lowest BCUT2D eigenvalue weighted by atomic mass is 10.2. The molecule has 0 unspecified atom stereocenters. The van der Waals surface area contributed by atoms with Gasteiger partial charge in [-0.25, -0.2) is 4.68 Å². The van der Waals surface area contributed by atoms with E-state index in [-0.39, 0.29) is 11.7 Å². The summed E-state index contributed by atoms with van der Waals surface area (Å²) in [7, 11) is 1.75. The van der Waals surface area contributed by atoms with Crippen molar-refractivity contribution in [3.63, 3.8) is 0 Å². The number of hydrogen-bond donors (Lipinski definition) is 1. The standard InChI is InChI=1S/C13H11N5O2/c1-18-12(15-16-17-18)9-4-2-5-10(8-9)14-13(19)11-6-3-7-20-11/h2-8H,1H3,(H,14,19). The predicted molar refractivity (Wildman–Crippen MR) is 70.9 cm³/mol. The molecule has 0 saturated heterocycles. The molecule has 0 fully saturated rings. The largest absolute Gasteiger partial charge is 0.459 e. The van der Waals surface area contributed by atoms with Crippen LogP contribution in [-0.2, 0) is 7.05 Å². The minimum absolute atomic E-state index is 0.260. The van der Waals surface area contributed by atoms with E-state index >= 15 is 0 Å². The summed E-state index contributed by atoms with van der Waals surface area (Å²) in [5.74, 6) is 0.582. The van der Waals surface area contributed by atoms with Crippen molar-refractivity contribution in [3.05, 3.63) is 48.4 Å². The van der Waals surface area contributed by atoms with Gasteiger partial charge in [0.1, 0.15) is 0 Å². The average molecular weight is 269 g/mol. The van der Waals surface area contributed by atoms with Crippen LogP contribution in [-0.4, -0.2) is 26.1 Å². The van der Waals surface area contributed by atoms with E-state index in [9.17, 15) is 4.79 Å². The van der Waals surface area contributed by atoms with Crippen molar-refractivity contribution in [1.29, 1.82) is 0 Å². The van der Waals surface area contributed by atoms with E-state index in [4.69, 9.17) is 4.42 Å². The third-order valence-electron chi connectivity index (χ3n) is 2.74. The van der Waals surface area contributed by atoms with Gasteiger partial charge in [-0.05, 0) is 34.7 Å². The number of aromatic nitrogens is 4. The number of benzene rings is 1. The molecule has 20 heavy (non-hydrogen) atoms. The van der Waals surface area contributed by atoms with Gasteiger partial charge < -0.3 is 9.73 Å². The Morgan fingerprint density at radius 2 is 2.20 bits per heavy atom. The first kappa shape index (κ1) is 12.1. The number of aryl methyl sites for hydroxylation is 1. The van der Waals surface area contributed by atoms with E-state index in [1.807, 2.05) is 12.1 Å². The summed E-state index contributed by atoms with van der Waals surface area (Å²) in [6, 6.07) is 10.5. The lowest BCUT2D eigenvalue weighted by Gasteiger charge is -2.05. The van der Waals surface area contributed by atoms with Crippen LogP contribution >= 0.6 is 0 Å². The zero-order valence-corrected chi connectivity index (χ0v) is 10.6. The van der Waals surface area contributed by atoms with Crippen LogP contribution in [0.1, 0.15) is 10.6 Å². The van der Waals surface area contributed by atoms with Gasteiger partial charge in [-0.15, -0.1) is 5.10 Å². The highest BCUT2D eigenvalue weighted by molar-refractivity contribution is 6.02. The maximum atomic E-state index is 11.9. The molecular formula is C13H11N5O2. The van der Waals surface area contributed by atoms with Gasteiger partial charge in [0.25, 0.3) is 5.91 Å². The normalized spacial score (nSPS) is 10.4. The van der Waals surface area contributed by atoms with Crippen LogP contribution in [0.5, 0.6) is 0 Å². The smallest absolute Gasteiger partial charge is 0.291 e. The molecule has 0 aliphatic carbocycles. The molecule has 0 radical (unpaired) electrons. The van der Waals surface area contributed by atoms with E-state index in [2.05, 4.69) is 20.8 Å². The molecule has 2 aromatic heterocycles. The SMILES string of the molecule is Cn1nnnc1-c1cccc(NC(=O)c2ccco2)c1. The lowest BCUT2D eigenvalue weighted by Crippen LogP contribution is -2.10. The summed E-state index contributed by atoms with van der Waals surface area (Å²) < 4.78 is 6.60. The second kappa shape index (κ2) is 4.96. The van der Waals surface area contributed by atoms with E-state index in [1.54, 1.807) is 36.0 Å². The Bertz CT molecular complexity index is 733. The van der Waals surface area contributed by atoms with Crippen LogP contribution in [0, 0.1) is 0 Å². The molecule has 0 aliphatic rings. The van der Waals surface area contributed by atoms with Gasteiger partial charge in [-0.3, -0.25) is 4.79 Å². The maximum Gasteiger partial charge on any atom is 0.291 e. The molecule has 2 heterocycles. The third kappa shape index (κ3) is 2.28. The molecule has 100 valence electrons. The molecule has 1 amide bonds. The number of hydrogen-bond acceptors (Lipinski definition) is 5. The Morgan fingerprint density at radius 3 is 2.90 bits per heavy atom. The molecule has 0 spiro atoms. The minimum Gasteiger partial charge on any atom is -0.459 e. The van der Waals surface area contributed by atoms with Gasteiger partial charge in [0.2, 0.25) is 0 Å². The van der Waals surface area contributed by atoms with Crippen molar-refractivity contribution in [1.82, 2.24) is 20.2 Å². The molecule has 0 bridgehead atoms. The zero-order valence-electron chi connectivity index (χ0n) is 10.6. The molecule has 1 aromatic carbocycles. The first-order valence-corrected chi connectivity index (χ1v) is 5.92. The van der Waals surface area contributed by atoms with Crippen molar-refractivity contribution in [2.75, 3.05) is 5.32 Å². The molecule has 3 rings (SSSR count). The Hall–Kier alpha value is -2.96. The highest BCUT2D eigenvalue weighted by atomic mass is 16.3. The van der Waals surface area contributed by atoms with Gasteiger partial charge >= 0.3 is 0 Å². The minimum atomic E-state index is -0.303. The molecule has 1 N–H and O–H groups in total. The number of tetrazole rings is 1. The highest BCUT2D eigenvalue weighted by Crippen LogP contribution is 2.20. The Labute approximate surface area is 114 Å². The predicted octanol–water partition coefficient (Wildman–Crippen LogP) is 1.72. The number of nitrogens with one attached hydrogen (secondary N) is 1. The third-order valence-corrected chi connectivity index (χ3v) is 2.74. The maximum absolute atomic E-state index is 11.9. The summed E-state index contributed by atoms with van der Waals surface area (Å²) in [6.07, 6.45) is 1.45. The Kier molecular flexibility index (Phi) is 3.00. The molecular weight excluding hydrogens is 258 g/mol. The second-order valence-electron chi connectivity index (χ2n) is 4.14. The van der Waals surface area contributed by atoms with Crippen molar-refractivity contribution < 1.29 is 9.21 Å². The first-order valence-electron chi connectivity index (χ1n) is 5.92. The van der Waals surface area contributed by atoms with Crippen molar-refractivity contribution in [2.24, 2.45) is 7.05 Å². The Balaban J connectivity index is 1.85. The fourth-order valence-electron chi connectivity index (χ4n) is 1.81. The number of furan rings is 1. The van der Waals surface area contributed by atoms with Gasteiger partial charge in [0.05, 0.1) is 6.26 Å². The summed E-state index contributed by atoms with van der Waals surface area (Å²) in [5, 5.41) is 14.0. The van der Waals surface area contributed by atoms with Gasteiger partial charge in [0, 0.05) is 18.3 Å². The van der Waals surface area contributed by atoms with E-state index in [0.29, 0.717) is 11.5 Å². The number of anilines is 1. The van der Waals surface area contributed by atoms with E-state index < -0.39 is 0 Å². The molecule has 0 aliphatic heterocycles. The fraction of sp³-hybridized carbons (Fsp3) is 0.0769. The topological polar surface area (TPSA) is 85.8 Å². The molecule has 0 saturated carbocycles. The fourth-order valence-corrected chi connectivity index (χ4v) is 1.81. The van der Waals surface area contributed by atoms with Crippen LogP contribution in [0.25, 0.3) is 11.4 Å². The quantitative estimate of drug-likeness (QED) is 0.782. The van der Waals surface area contributed by atoms with E-state index in [1.165, 1.54) is 6.26 Å². The van der Waals surface area contributed by atoms with Crippen LogP contribution in [0.2, 0.25) is 0 Å². The molecule has 0 atom stereocenters. The Morgan fingerprint density at radius 1 is 1.30 bits per heavy atom. The number of amides is 1. The molecule has 7 heteroatoms. The van der Waals surface area contributed by atoms with Gasteiger partial charge in [0.15, 0.2) is 11.6 Å². The number of rotatable bonds is 3. The second-order valence-corrected chi connectivity index (χ2v) is 4.14. The van der Waals surface area contributed by atoms with Crippen LogP contribution in [0.15, 0.2) is 47.1 Å². The zero-order chi connectivity index (χ0) is 13.9. The average Bonchev–Trinajstić information content (AvgIpc) is 3.10. The molecule has 7 nitrogen and oxygen atoms in total. The monoisotopic (exact) mass is 269 g/mol. The van der Waals surface area contributed by atoms with Crippen molar-refractivity contribution in [3.8, 4) is 11.4 Å². The summed E-state index contributed by atoms with van der Waals surface area (Å²) in [4.78, 5) is 11.9.